The molecule has 9 heteroatoms. The lowest BCUT2D eigenvalue weighted by molar-refractivity contribution is -0.142. The van der Waals surface area contributed by atoms with Crippen molar-refractivity contribution in [2.75, 3.05) is 6.54 Å². The first kappa shape index (κ1) is 22.3. The van der Waals surface area contributed by atoms with Crippen molar-refractivity contribution < 1.29 is 13.2 Å². The number of aromatic nitrogens is 2. The van der Waals surface area contributed by atoms with Gasteiger partial charge >= 0.3 is 6.18 Å². The van der Waals surface area contributed by atoms with Crippen molar-refractivity contribution in [3.63, 3.8) is 0 Å². The number of alkyl halides is 3. The number of guanidine groups is 1. The van der Waals surface area contributed by atoms with Gasteiger partial charge in [0.05, 0.1) is 6.54 Å². The zero-order valence-corrected chi connectivity index (χ0v) is 17.2. The quantitative estimate of drug-likeness (QED) is 0.390. The number of aliphatic imine (C=N–C) groups is 1. The van der Waals surface area contributed by atoms with Crippen LogP contribution in [-0.2, 0) is 26.3 Å². The molecule has 144 valence electrons. The summed E-state index contributed by atoms with van der Waals surface area (Å²) in [6.07, 6.45) is -3.12. The molecule has 2 N–H and O–H groups in total. The van der Waals surface area contributed by atoms with E-state index in [9.17, 15) is 13.2 Å². The molecule has 0 aliphatic carbocycles. The van der Waals surface area contributed by atoms with Crippen LogP contribution in [0.3, 0.4) is 0 Å². The van der Waals surface area contributed by atoms with Gasteiger partial charge in [-0.05, 0) is 19.4 Å². The third kappa shape index (κ3) is 6.50. The van der Waals surface area contributed by atoms with Gasteiger partial charge < -0.3 is 10.6 Å². The average molecular weight is 481 g/mol. The zero-order chi connectivity index (χ0) is 18.4. The van der Waals surface area contributed by atoms with Gasteiger partial charge in [-0.3, -0.25) is 4.68 Å². The van der Waals surface area contributed by atoms with Crippen molar-refractivity contribution in [1.29, 1.82) is 0 Å². The SMILES string of the molecule is CCNC(=NCc1ccc(C)cc1)NCc1cn(C)nc1C(F)(F)F.I. The van der Waals surface area contributed by atoms with Gasteiger partial charge in [-0.2, -0.15) is 18.3 Å². The Balaban J connectivity index is 0.00000338. The van der Waals surface area contributed by atoms with E-state index < -0.39 is 11.9 Å². The smallest absolute Gasteiger partial charge is 0.357 e. The van der Waals surface area contributed by atoms with Gasteiger partial charge in [0.1, 0.15) is 0 Å². The standard InChI is InChI=1S/C17H22F3N5.HI/c1-4-21-16(22-9-13-7-5-12(2)6-8-13)23-10-14-11-25(3)24-15(14)17(18,19)20;/h5-8,11H,4,9-10H2,1-3H3,(H2,21,22,23);1H. The van der Waals surface area contributed by atoms with E-state index in [0.29, 0.717) is 19.0 Å². The maximum atomic E-state index is 13.0. The highest BCUT2D eigenvalue weighted by Gasteiger charge is 2.36. The summed E-state index contributed by atoms with van der Waals surface area (Å²) in [6, 6.07) is 7.95. The molecule has 1 aromatic carbocycles. The van der Waals surface area contributed by atoms with Gasteiger partial charge in [0.2, 0.25) is 0 Å². The first-order valence-corrected chi connectivity index (χ1v) is 7.97. The van der Waals surface area contributed by atoms with Crippen LogP contribution in [0.15, 0.2) is 35.5 Å². The fraction of sp³-hybridized carbons (Fsp3) is 0.412. The molecule has 0 spiro atoms. The largest absolute Gasteiger partial charge is 0.435 e. The van der Waals surface area contributed by atoms with Gasteiger partial charge in [0.25, 0.3) is 0 Å². The summed E-state index contributed by atoms with van der Waals surface area (Å²) in [4.78, 5) is 4.41. The van der Waals surface area contributed by atoms with E-state index in [0.717, 1.165) is 15.8 Å². The second-order valence-electron chi connectivity index (χ2n) is 5.71. The minimum atomic E-state index is -4.48. The minimum absolute atomic E-state index is 0. The van der Waals surface area contributed by atoms with E-state index in [4.69, 9.17) is 0 Å². The number of halogens is 4. The molecule has 5 nitrogen and oxygen atoms in total. The lowest BCUT2D eigenvalue weighted by atomic mass is 10.1. The highest BCUT2D eigenvalue weighted by atomic mass is 127. The summed E-state index contributed by atoms with van der Waals surface area (Å²) in [6.45, 7) is 4.94. The van der Waals surface area contributed by atoms with Crippen molar-refractivity contribution in [2.24, 2.45) is 12.0 Å². The number of benzene rings is 1. The van der Waals surface area contributed by atoms with Crippen LogP contribution in [-0.4, -0.2) is 22.3 Å². The number of nitrogens with zero attached hydrogens (tertiary/aromatic N) is 3. The van der Waals surface area contributed by atoms with Gasteiger partial charge in [0, 0.05) is 31.9 Å². The number of hydrogen-bond donors (Lipinski definition) is 2. The van der Waals surface area contributed by atoms with Gasteiger partial charge in [-0.1, -0.05) is 29.8 Å². The molecule has 0 bridgehead atoms. The van der Waals surface area contributed by atoms with Crippen LogP contribution >= 0.6 is 24.0 Å². The maximum Gasteiger partial charge on any atom is 0.435 e. The molecule has 0 fully saturated rings. The lowest BCUT2D eigenvalue weighted by Gasteiger charge is -2.12. The monoisotopic (exact) mass is 481 g/mol. The van der Waals surface area contributed by atoms with E-state index in [-0.39, 0.29) is 36.1 Å². The molecule has 0 atom stereocenters. The average Bonchev–Trinajstić information content (AvgIpc) is 2.93. The van der Waals surface area contributed by atoms with Crippen molar-refractivity contribution >= 4 is 29.9 Å². The Labute approximate surface area is 168 Å². The molecule has 0 saturated carbocycles. The predicted molar refractivity (Wildman–Crippen MR) is 106 cm³/mol. The van der Waals surface area contributed by atoms with Crippen molar-refractivity contribution in [1.82, 2.24) is 20.4 Å². The van der Waals surface area contributed by atoms with E-state index in [1.165, 1.54) is 13.2 Å². The van der Waals surface area contributed by atoms with Gasteiger partial charge in [0.15, 0.2) is 11.7 Å². The summed E-state index contributed by atoms with van der Waals surface area (Å²) in [5, 5.41) is 9.46. The van der Waals surface area contributed by atoms with Crippen LogP contribution < -0.4 is 10.6 Å². The Kier molecular flexibility index (Phi) is 8.38. The summed E-state index contributed by atoms with van der Waals surface area (Å²) in [5.41, 5.74) is 1.39. The molecule has 0 radical (unpaired) electrons. The van der Waals surface area contributed by atoms with E-state index in [1.54, 1.807) is 0 Å². The first-order valence-electron chi connectivity index (χ1n) is 7.97. The topological polar surface area (TPSA) is 54.2 Å². The van der Waals surface area contributed by atoms with Crippen molar-refractivity contribution in [3.05, 3.63) is 52.8 Å². The maximum absolute atomic E-state index is 13.0. The number of rotatable bonds is 5. The van der Waals surface area contributed by atoms with E-state index in [1.807, 2.05) is 38.1 Å². The Morgan fingerprint density at radius 3 is 2.42 bits per heavy atom. The highest BCUT2D eigenvalue weighted by molar-refractivity contribution is 14.0. The van der Waals surface area contributed by atoms with Crippen LogP contribution in [0.1, 0.15) is 29.3 Å². The van der Waals surface area contributed by atoms with Crippen LogP contribution in [0.5, 0.6) is 0 Å². The highest BCUT2D eigenvalue weighted by Crippen LogP contribution is 2.30. The van der Waals surface area contributed by atoms with Crippen LogP contribution in [0.2, 0.25) is 0 Å². The fourth-order valence-electron chi connectivity index (χ4n) is 2.29. The fourth-order valence-corrected chi connectivity index (χ4v) is 2.29. The molecule has 2 rings (SSSR count). The van der Waals surface area contributed by atoms with Crippen molar-refractivity contribution in [2.45, 2.75) is 33.1 Å². The van der Waals surface area contributed by atoms with Crippen LogP contribution in [0.4, 0.5) is 13.2 Å². The van der Waals surface area contributed by atoms with Crippen LogP contribution in [0, 0.1) is 6.92 Å². The molecule has 0 aliphatic heterocycles. The molecule has 0 saturated heterocycles. The Hall–Kier alpha value is -1.78. The van der Waals surface area contributed by atoms with Gasteiger partial charge in [-0.15, -0.1) is 24.0 Å². The number of aryl methyl sites for hydroxylation is 2. The third-order valence-electron chi connectivity index (χ3n) is 3.50. The Morgan fingerprint density at radius 1 is 1.19 bits per heavy atom. The second-order valence-corrected chi connectivity index (χ2v) is 5.71. The number of nitrogens with one attached hydrogen (secondary N) is 2. The molecule has 0 amide bonds. The minimum Gasteiger partial charge on any atom is -0.357 e. The molecule has 1 heterocycles. The normalized spacial score (nSPS) is 11.8. The molecular weight excluding hydrogens is 458 g/mol. The third-order valence-corrected chi connectivity index (χ3v) is 3.50. The van der Waals surface area contributed by atoms with E-state index >= 15 is 0 Å². The number of hydrogen-bond acceptors (Lipinski definition) is 2. The molecule has 26 heavy (non-hydrogen) atoms. The molecule has 2 aromatic rings. The summed E-state index contributed by atoms with van der Waals surface area (Å²) >= 11 is 0. The Morgan fingerprint density at radius 2 is 1.85 bits per heavy atom. The molecule has 1 aromatic heterocycles. The lowest BCUT2D eigenvalue weighted by Crippen LogP contribution is -2.37. The van der Waals surface area contributed by atoms with Crippen LogP contribution in [0.25, 0.3) is 0 Å². The molecule has 0 aliphatic rings. The Bertz CT molecular complexity index is 723. The second kappa shape index (κ2) is 9.79. The van der Waals surface area contributed by atoms with Gasteiger partial charge in [-0.25, -0.2) is 4.99 Å². The van der Waals surface area contributed by atoms with Crippen molar-refractivity contribution in [3.8, 4) is 0 Å². The molecule has 0 unspecified atom stereocenters. The zero-order valence-electron chi connectivity index (χ0n) is 14.9. The first-order chi connectivity index (χ1) is 11.8. The van der Waals surface area contributed by atoms with E-state index in [2.05, 4.69) is 20.7 Å². The summed E-state index contributed by atoms with van der Waals surface area (Å²) in [7, 11) is 1.47. The summed E-state index contributed by atoms with van der Waals surface area (Å²) in [5.74, 6) is 0.458. The molecular formula is C17H23F3IN5. The summed E-state index contributed by atoms with van der Waals surface area (Å²) < 4.78 is 40.1. The predicted octanol–water partition coefficient (Wildman–Crippen LogP) is 3.62.